The predicted octanol–water partition coefficient (Wildman–Crippen LogP) is 3.17. The minimum absolute atomic E-state index is 0.954. The van der Waals surface area contributed by atoms with Crippen LogP contribution in [-0.2, 0) is 19.4 Å². The van der Waals surface area contributed by atoms with Gasteiger partial charge in [0.15, 0.2) is 6.54 Å². The molecule has 2 aliphatic rings. The fraction of sp³-hybridized carbons (Fsp3) is 0.143. The molecule has 6 rings (SSSR count). The van der Waals surface area contributed by atoms with Gasteiger partial charge in [0.1, 0.15) is 11.2 Å². The van der Waals surface area contributed by atoms with Crippen LogP contribution in [0, 0.1) is 0 Å². The van der Waals surface area contributed by atoms with Gasteiger partial charge in [-0.05, 0) is 47.2 Å². The Balaban J connectivity index is 1.58. The van der Waals surface area contributed by atoms with Crippen LogP contribution in [0.15, 0.2) is 61.1 Å². The van der Waals surface area contributed by atoms with Crippen LogP contribution in [0.1, 0.15) is 27.8 Å². The first-order valence-electron chi connectivity index (χ1n) is 8.44. The molecular weight excluding hydrogens is 294 g/mol. The molecule has 3 heterocycles. The van der Waals surface area contributed by atoms with Crippen LogP contribution >= 0.6 is 0 Å². The van der Waals surface area contributed by atoms with Crippen LogP contribution < -0.4 is 4.68 Å². The Morgan fingerprint density at radius 3 is 2.67 bits per heavy atom. The molecule has 0 fully saturated rings. The minimum Gasteiger partial charge on any atom is -0.262 e. The van der Waals surface area contributed by atoms with E-state index in [0.29, 0.717) is 0 Å². The van der Waals surface area contributed by atoms with Gasteiger partial charge in [0.2, 0.25) is 6.20 Å². The number of hydrogen-bond acceptors (Lipinski definition) is 1. The molecule has 114 valence electrons. The van der Waals surface area contributed by atoms with E-state index in [1.54, 1.807) is 0 Å². The molecule has 0 spiro atoms. The van der Waals surface area contributed by atoms with Gasteiger partial charge in [-0.2, -0.15) is 0 Å². The predicted molar refractivity (Wildman–Crippen MR) is 92.4 cm³/mol. The number of aromatic nitrogens is 3. The zero-order valence-electron chi connectivity index (χ0n) is 13.2. The maximum atomic E-state index is 4.32. The molecular formula is C21H16N3+. The SMILES string of the molecule is c1ccc2c(c1)Cc1ccc3c(c1C2)C[n+]1cc2ccncc2n1-3. The normalized spacial score (nSPS) is 14.2. The van der Waals surface area contributed by atoms with Crippen LogP contribution in [-0.4, -0.2) is 9.67 Å². The highest BCUT2D eigenvalue weighted by Gasteiger charge is 2.32. The van der Waals surface area contributed by atoms with E-state index in [1.807, 2.05) is 12.4 Å². The van der Waals surface area contributed by atoms with Crippen molar-refractivity contribution in [2.24, 2.45) is 0 Å². The molecule has 1 aliphatic carbocycles. The summed E-state index contributed by atoms with van der Waals surface area (Å²) in [7, 11) is 0. The molecule has 0 unspecified atom stereocenters. The first-order valence-corrected chi connectivity index (χ1v) is 8.44. The molecule has 4 aromatic rings. The van der Waals surface area contributed by atoms with Crippen molar-refractivity contribution in [3.8, 4) is 5.69 Å². The van der Waals surface area contributed by atoms with Crippen LogP contribution in [0.4, 0.5) is 0 Å². The zero-order chi connectivity index (χ0) is 15.7. The first kappa shape index (κ1) is 12.5. The molecule has 0 saturated heterocycles. The molecule has 0 amide bonds. The lowest BCUT2D eigenvalue weighted by atomic mass is 9.83. The van der Waals surface area contributed by atoms with E-state index < -0.39 is 0 Å². The van der Waals surface area contributed by atoms with Crippen molar-refractivity contribution in [3.63, 3.8) is 0 Å². The molecule has 3 nitrogen and oxygen atoms in total. The second-order valence-corrected chi connectivity index (χ2v) is 6.80. The topological polar surface area (TPSA) is 21.7 Å². The number of rotatable bonds is 0. The van der Waals surface area contributed by atoms with Crippen molar-refractivity contribution < 1.29 is 4.68 Å². The molecule has 0 atom stereocenters. The summed E-state index contributed by atoms with van der Waals surface area (Å²) in [5.74, 6) is 0. The van der Waals surface area contributed by atoms with Gasteiger partial charge in [-0.1, -0.05) is 30.3 Å². The Morgan fingerprint density at radius 1 is 0.875 bits per heavy atom. The fourth-order valence-electron chi connectivity index (χ4n) is 4.37. The van der Waals surface area contributed by atoms with Gasteiger partial charge in [-0.15, -0.1) is 9.36 Å². The van der Waals surface area contributed by atoms with Crippen LogP contribution in [0.3, 0.4) is 0 Å². The summed E-state index contributed by atoms with van der Waals surface area (Å²) in [6.45, 7) is 0.954. The minimum atomic E-state index is 0.954. The van der Waals surface area contributed by atoms with Crippen LogP contribution in [0.25, 0.3) is 16.6 Å². The maximum absolute atomic E-state index is 4.32. The molecule has 24 heavy (non-hydrogen) atoms. The number of benzene rings is 2. The third-order valence-corrected chi connectivity index (χ3v) is 5.52. The first-order chi connectivity index (χ1) is 11.9. The fourth-order valence-corrected chi connectivity index (χ4v) is 4.37. The van der Waals surface area contributed by atoms with E-state index >= 15 is 0 Å². The number of hydrogen-bond donors (Lipinski definition) is 0. The van der Waals surface area contributed by atoms with Gasteiger partial charge in [0, 0.05) is 6.20 Å². The quantitative estimate of drug-likeness (QED) is 0.395. The molecule has 0 bridgehead atoms. The van der Waals surface area contributed by atoms with Crippen molar-refractivity contribution in [1.29, 1.82) is 0 Å². The monoisotopic (exact) mass is 310 g/mol. The molecule has 0 radical (unpaired) electrons. The molecule has 2 aromatic heterocycles. The average molecular weight is 310 g/mol. The lowest BCUT2D eigenvalue weighted by Gasteiger charge is -2.21. The van der Waals surface area contributed by atoms with E-state index in [0.717, 1.165) is 19.4 Å². The highest BCUT2D eigenvalue weighted by atomic mass is 15.4. The van der Waals surface area contributed by atoms with E-state index in [2.05, 4.69) is 63.0 Å². The van der Waals surface area contributed by atoms with E-state index in [9.17, 15) is 0 Å². The summed E-state index contributed by atoms with van der Waals surface area (Å²) < 4.78 is 4.64. The molecule has 1 aliphatic heterocycles. The Bertz CT molecular complexity index is 1140. The third-order valence-electron chi connectivity index (χ3n) is 5.52. The summed E-state index contributed by atoms with van der Waals surface area (Å²) in [4.78, 5) is 4.32. The van der Waals surface area contributed by atoms with Gasteiger partial charge in [-0.25, -0.2) is 0 Å². The summed E-state index contributed by atoms with van der Waals surface area (Å²) >= 11 is 0. The van der Waals surface area contributed by atoms with Gasteiger partial charge in [0.05, 0.1) is 17.1 Å². The highest BCUT2D eigenvalue weighted by molar-refractivity contribution is 5.78. The Labute approximate surface area is 139 Å². The van der Waals surface area contributed by atoms with E-state index in [-0.39, 0.29) is 0 Å². The second kappa shape index (κ2) is 4.32. The number of fused-ring (bicyclic) bond motifs is 8. The third kappa shape index (κ3) is 1.51. The van der Waals surface area contributed by atoms with Crippen molar-refractivity contribution in [2.75, 3.05) is 0 Å². The summed E-state index contributed by atoms with van der Waals surface area (Å²) in [5.41, 5.74) is 9.95. The Morgan fingerprint density at radius 2 is 1.75 bits per heavy atom. The summed E-state index contributed by atoms with van der Waals surface area (Å²) in [6, 6.07) is 15.5. The van der Waals surface area contributed by atoms with Gasteiger partial charge in [0.25, 0.3) is 0 Å². The Hall–Kier alpha value is -2.94. The van der Waals surface area contributed by atoms with Crippen molar-refractivity contribution in [3.05, 3.63) is 88.9 Å². The van der Waals surface area contributed by atoms with Gasteiger partial charge in [-0.3, -0.25) is 4.98 Å². The Kier molecular flexibility index (Phi) is 2.25. The molecule has 0 N–H and O–H groups in total. The van der Waals surface area contributed by atoms with Gasteiger partial charge >= 0.3 is 0 Å². The van der Waals surface area contributed by atoms with Gasteiger partial charge < -0.3 is 0 Å². The zero-order valence-corrected chi connectivity index (χ0v) is 13.2. The van der Waals surface area contributed by atoms with Crippen molar-refractivity contribution in [1.82, 2.24) is 9.67 Å². The largest absolute Gasteiger partial charge is 0.262 e. The van der Waals surface area contributed by atoms with E-state index in [4.69, 9.17) is 0 Å². The standard InChI is InChI=1S/C21H16N3/c1-2-4-15-10-18-16(9-14(15)3-1)5-6-20-19(18)13-23-12-17-7-8-22-11-21(17)24(20)23/h1-8,11-12H,9-10,13H2/q+1. The number of pyridine rings is 1. The average Bonchev–Trinajstić information content (AvgIpc) is 3.16. The number of nitrogens with zero attached hydrogens (tertiary/aromatic N) is 3. The summed E-state index contributed by atoms with van der Waals surface area (Å²) in [6.07, 6.45) is 8.18. The van der Waals surface area contributed by atoms with Crippen molar-refractivity contribution >= 4 is 10.9 Å². The van der Waals surface area contributed by atoms with E-state index in [1.165, 1.54) is 44.4 Å². The maximum Gasteiger partial charge on any atom is 0.204 e. The van der Waals surface area contributed by atoms with Crippen LogP contribution in [0.5, 0.6) is 0 Å². The molecule has 2 aromatic carbocycles. The lowest BCUT2D eigenvalue weighted by Crippen LogP contribution is -2.36. The molecule has 3 heteroatoms. The van der Waals surface area contributed by atoms with Crippen LogP contribution in [0.2, 0.25) is 0 Å². The lowest BCUT2D eigenvalue weighted by molar-refractivity contribution is -0.749. The smallest absolute Gasteiger partial charge is 0.204 e. The van der Waals surface area contributed by atoms with Crippen molar-refractivity contribution in [2.45, 2.75) is 19.4 Å². The summed E-state index contributed by atoms with van der Waals surface area (Å²) in [5, 5.41) is 1.25. The highest BCUT2D eigenvalue weighted by Crippen LogP contribution is 2.34. The molecule has 0 saturated carbocycles. The second-order valence-electron chi connectivity index (χ2n) is 6.80.